The largest absolute Gasteiger partial charge is 0.497 e. The molecule has 2 aliphatic heterocycles. The maximum atomic E-state index is 12.4. The lowest BCUT2D eigenvalue weighted by molar-refractivity contribution is -0.129. The molecule has 2 aromatic rings. The molecule has 0 spiro atoms. The number of ether oxygens (including phenoxy) is 3. The molecule has 4 rings (SSSR count). The SMILES string of the molecule is COc1cccc(C2SCC(=O)N2CC2COc3ccccc3O2)c1. The number of carbonyl (C=O) groups is 1. The molecule has 0 radical (unpaired) electrons. The average Bonchev–Trinajstić information content (AvgIpc) is 3.02. The number of benzene rings is 2. The predicted octanol–water partition coefficient (Wildman–Crippen LogP) is 3.11. The van der Waals surface area contributed by atoms with Crippen LogP contribution < -0.4 is 14.2 Å². The number of thioether (sulfide) groups is 1. The Morgan fingerprint density at radius 1 is 1.20 bits per heavy atom. The van der Waals surface area contributed by atoms with Crippen LogP contribution in [0, 0.1) is 0 Å². The molecule has 0 aromatic heterocycles. The molecule has 0 bridgehead atoms. The summed E-state index contributed by atoms with van der Waals surface area (Å²) < 4.78 is 17.1. The minimum absolute atomic E-state index is 0.0247. The molecule has 2 unspecified atom stereocenters. The molecule has 130 valence electrons. The van der Waals surface area contributed by atoms with Gasteiger partial charge in [0, 0.05) is 0 Å². The lowest BCUT2D eigenvalue weighted by atomic mass is 10.2. The summed E-state index contributed by atoms with van der Waals surface area (Å²) in [6.07, 6.45) is -0.175. The second kappa shape index (κ2) is 6.88. The van der Waals surface area contributed by atoms with E-state index in [1.165, 1.54) is 0 Å². The fraction of sp³-hybridized carbons (Fsp3) is 0.316. The Hall–Kier alpha value is -2.34. The zero-order valence-corrected chi connectivity index (χ0v) is 14.7. The van der Waals surface area contributed by atoms with E-state index >= 15 is 0 Å². The minimum atomic E-state index is -0.175. The van der Waals surface area contributed by atoms with Gasteiger partial charge in [-0.2, -0.15) is 0 Å². The number of carbonyl (C=O) groups excluding carboxylic acids is 1. The van der Waals surface area contributed by atoms with Crippen LogP contribution in [0.5, 0.6) is 17.2 Å². The summed E-state index contributed by atoms with van der Waals surface area (Å²) >= 11 is 1.63. The van der Waals surface area contributed by atoms with Gasteiger partial charge in [0.15, 0.2) is 17.6 Å². The Balaban J connectivity index is 1.51. The predicted molar refractivity (Wildman–Crippen MR) is 96.3 cm³/mol. The summed E-state index contributed by atoms with van der Waals surface area (Å²) in [5.74, 6) is 2.89. The third kappa shape index (κ3) is 3.26. The van der Waals surface area contributed by atoms with Gasteiger partial charge in [-0.25, -0.2) is 0 Å². The molecule has 0 saturated carbocycles. The smallest absolute Gasteiger partial charge is 0.233 e. The van der Waals surface area contributed by atoms with Gasteiger partial charge in [0.25, 0.3) is 0 Å². The number of para-hydroxylation sites is 2. The third-order valence-electron chi connectivity index (χ3n) is 4.31. The molecule has 6 heteroatoms. The summed E-state index contributed by atoms with van der Waals surface area (Å²) in [5.41, 5.74) is 1.06. The van der Waals surface area contributed by atoms with Gasteiger partial charge in [0.1, 0.15) is 17.7 Å². The van der Waals surface area contributed by atoms with Crippen molar-refractivity contribution in [1.82, 2.24) is 4.90 Å². The van der Waals surface area contributed by atoms with Crippen LogP contribution in [0.4, 0.5) is 0 Å². The fourth-order valence-corrected chi connectivity index (χ4v) is 4.28. The van der Waals surface area contributed by atoms with Crippen LogP contribution in [0.3, 0.4) is 0 Å². The number of nitrogens with zero attached hydrogens (tertiary/aromatic N) is 1. The summed E-state index contributed by atoms with van der Waals surface area (Å²) in [6, 6.07) is 15.5. The lowest BCUT2D eigenvalue weighted by Crippen LogP contribution is -2.42. The van der Waals surface area contributed by atoms with Crippen LogP contribution in [0.2, 0.25) is 0 Å². The van der Waals surface area contributed by atoms with Gasteiger partial charge in [0.05, 0.1) is 19.4 Å². The van der Waals surface area contributed by atoms with Crippen LogP contribution in [-0.2, 0) is 4.79 Å². The fourth-order valence-electron chi connectivity index (χ4n) is 3.10. The van der Waals surface area contributed by atoms with Gasteiger partial charge >= 0.3 is 0 Å². The lowest BCUT2D eigenvalue weighted by Gasteiger charge is -2.32. The number of fused-ring (bicyclic) bond motifs is 1. The van der Waals surface area contributed by atoms with Crippen LogP contribution in [0.1, 0.15) is 10.9 Å². The molecule has 1 saturated heterocycles. The van der Waals surface area contributed by atoms with E-state index in [4.69, 9.17) is 14.2 Å². The van der Waals surface area contributed by atoms with E-state index in [-0.39, 0.29) is 17.4 Å². The van der Waals surface area contributed by atoms with Crippen molar-refractivity contribution in [1.29, 1.82) is 0 Å². The molecule has 1 fully saturated rings. The molecule has 1 amide bonds. The van der Waals surface area contributed by atoms with E-state index < -0.39 is 0 Å². The molecule has 2 heterocycles. The van der Waals surface area contributed by atoms with Crippen molar-refractivity contribution < 1.29 is 19.0 Å². The van der Waals surface area contributed by atoms with E-state index in [0.29, 0.717) is 18.9 Å². The van der Waals surface area contributed by atoms with E-state index in [1.54, 1.807) is 18.9 Å². The van der Waals surface area contributed by atoms with E-state index in [2.05, 4.69) is 0 Å². The first-order valence-corrected chi connectivity index (χ1v) is 9.23. The van der Waals surface area contributed by atoms with Crippen molar-refractivity contribution in [3.05, 3.63) is 54.1 Å². The van der Waals surface area contributed by atoms with Gasteiger partial charge in [0.2, 0.25) is 5.91 Å². The Labute approximate surface area is 150 Å². The first-order valence-electron chi connectivity index (χ1n) is 8.18. The second-order valence-corrected chi connectivity index (χ2v) is 7.05. The molecule has 0 N–H and O–H groups in total. The zero-order chi connectivity index (χ0) is 17.2. The Morgan fingerprint density at radius 3 is 2.88 bits per heavy atom. The van der Waals surface area contributed by atoms with Crippen LogP contribution >= 0.6 is 11.8 Å². The Morgan fingerprint density at radius 2 is 2.04 bits per heavy atom. The average molecular weight is 357 g/mol. The molecule has 5 nitrogen and oxygen atoms in total. The van der Waals surface area contributed by atoms with E-state index in [0.717, 1.165) is 22.8 Å². The molecule has 0 aliphatic carbocycles. The van der Waals surface area contributed by atoms with Gasteiger partial charge in [-0.15, -0.1) is 11.8 Å². The number of amides is 1. The van der Waals surface area contributed by atoms with Crippen LogP contribution in [0.25, 0.3) is 0 Å². The van der Waals surface area contributed by atoms with Gasteiger partial charge in [-0.05, 0) is 29.8 Å². The zero-order valence-electron chi connectivity index (χ0n) is 13.9. The molecule has 2 aliphatic rings. The standard InChI is InChI=1S/C19H19NO4S/c1-22-14-6-4-5-13(9-14)19-20(18(21)12-25-19)10-15-11-23-16-7-2-3-8-17(16)24-15/h2-9,15,19H,10-12H2,1H3. The molecular formula is C19H19NO4S. The summed E-state index contributed by atoms with van der Waals surface area (Å²) in [5, 5.41) is -0.0247. The van der Waals surface area contributed by atoms with Crippen LogP contribution in [-0.4, -0.2) is 42.9 Å². The molecule has 25 heavy (non-hydrogen) atoms. The van der Waals surface area contributed by atoms with Crippen LogP contribution in [0.15, 0.2) is 48.5 Å². The van der Waals surface area contributed by atoms with Crippen molar-refractivity contribution in [2.75, 3.05) is 26.0 Å². The summed E-state index contributed by atoms with van der Waals surface area (Å²) in [6.45, 7) is 0.943. The minimum Gasteiger partial charge on any atom is -0.497 e. The number of hydrogen-bond acceptors (Lipinski definition) is 5. The monoisotopic (exact) mass is 357 g/mol. The number of hydrogen-bond donors (Lipinski definition) is 0. The van der Waals surface area contributed by atoms with Crippen molar-refractivity contribution in [2.24, 2.45) is 0 Å². The Bertz CT molecular complexity index is 782. The van der Waals surface area contributed by atoms with Crippen molar-refractivity contribution in [3.8, 4) is 17.2 Å². The summed E-state index contributed by atoms with van der Waals surface area (Å²) in [4.78, 5) is 14.3. The molecule has 2 aromatic carbocycles. The number of rotatable bonds is 4. The second-order valence-electron chi connectivity index (χ2n) is 5.98. The quantitative estimate of drug-likeness (QED) is 0.841. The highest BCUT2D eigenvalue weighted by Gasteiger charge is 2.36. The first-order chi connectivity index (χ1) is 12.2. The summed E-state index contributed by atoms with van der Waals surface area (Å²) in [7, 11) is 1.65. The maximum Gasteiger partial charge on any atom is 0.233 e. The Kier molecular flexibility index (Phi) is 4.44. The molecular weight excluding hydrogens is 338 g/mol. The van der Waals surface area contributed by atoms with Crippen molar-refractivity contribution in [3.63, 3.8) is 0 Å². The van der Waals surface area contributed by atoms with Crippen molar-refractivity contribution >= 4 is 17.7 Å². The highest BCUT2D eigenvalue weighted by molar-refractivity contribution is 8.00. The highest BCUT2D eigenvalue weighted by Crippen LogP contribution is 2.40. The first kappa shape index (κ1) is 16.1. The topological polar surface area (TPSA) is 48.0 Å². The van der Waals surface area contributed by atoms with Gasteiger partial charge < -0.3 is 19.1 Å². The third-order valence-corrected chi connectivity index (χ3v) is 5.57. The van der Waals surface area contributed by atoms with Gasteiger partial charge in [-0.3, -0.25) is 4.79 Å². The van der Waals surface area contributed by atoms with E-state index in [9.17, 15) is 4.79 Å². The van der Waals surface area contributed by atoms with E-state index in [1.807, 2.05) is 53.4 Å². The number of methoxy groups -OCH3 is 1. The maximum absolute atomic E-state index is 12.4. The molecule has 2 atom stereocenters. The van der Waals surface area contributed by atoms with Gasteiger partial charge in [-0.1, -0.05) is 24.3 Å². The highest BCUT2D eigenvalue weighted by atomic mass is 32.2. The van der Waals surface area contributed by atoms with Crippen molar-refractivity contribution in [2.45, 2.75) is 11.5 Å². The normalized spacial score (nSPS) is 22.1.